The van der Waals surface area contributed by atoms with Crippen molar-refractivity contribution in [3.05, 3.63) is 12.3 Å². The van der Waals surface area contributed by atoms with Crippen molar-refractivity contribution in [3.8, 4) is 0 Å². The molecule has 0 aromatic heterocycles. The molecule has 0 aliphatic rings. The first kappa shape index (κ1) is 10.2. The Morgan fingerprint density at radius 1 is 1.45 bits per heavy atom. The zero-order chi connectivity index (χ0) is 9.02. The Kier molecular flexibility index (Phi) is 3.86. The van der Waals surface area contributed by atoms with Gasteiger partial charge in [-0.15, -0.1) is 0 Å². The van der Waals surface area contributed by atoms with Crippen LogP contribution in [0.15, 0.2) is 17.3 Å². The summed E-state index contributed by atoms with van der Waals surface area (Å²) in [6.07, 6.45) is 0. The molecule has 0 saturated carbocycles. The minimum Gasteiger partial charge on any atom is -0.338 e. The van der Waals surface area contributed by atoms with Gasteiger partial charge < -0.3 is 4.90 Å². The van der Waals surface area contributed by atoms with Gasteiger partial charge in [-0.25, -0.2) is 0 Å². The van der Waals surface area contributed by atoms with Gasteiger partial charge in [-0.2, -0.15) is 0 Å². The van der Waals surface area contributed by atoms with Crippen molar-refractivity contribution < 1.29 is 0 Å². The van der Waals surface area contributed by atoms with Crippen LogP contribution >= 0.6 is 0 Å². The largest absolute Gasteiger partial charge is 0.338 e. The van der Waals surface area contributed by atoms with Gasteiger partial charge in [0.05, 0.1) is 5.84 Å². The molecule has 2 heteroatoms. The van der Waals surface area contributed by atoms with E-state index in [1.54, 1.807) is 7.05 Å². The van der Waals surface area contributed by atoms with E-state index in [1.165, 1.54) is 0 Å². The maximum atomic E-state index is 4.07. The van der Waals surface area contributed by atoms with Crippen LogP contribution in [0.2, 0.25) is 0 Å². The topological polar surface area (TPSA) is 15.6 Å². The number of hydrogen-bond acceptors (Lipinski definition) is 1. The van der Waals surface area contributed by atoms with E-state index in [0.717, 1.165) is 11.5 Å². The van der Waals surface area contributed by atoms with Crippen molar-refractivity contribution in [3.63, 3.8) is 0 Å². The molecule has 0 aromatic carbocycles. The highest BCUT2D eigenvalue weighted by molar-refractivity contribution is 5.80. The molecular weight excluding hydrogens is 136 g/mol. The number of hydrogen-bond donors (Lipinski definition) is 0. The van der Waals surface area contributed by atoms with Gasteiger partial charge in [-0.1, -0.05) is 20.4 Å². The van der Waals surface area contributed by atoms with Crippen LogP contribution in [0.3, 0.4) is 0 Å². The average molecular weight is 154 g/mol. The first-order chi connectivity index (χ1) is 5.00. The normalized spacial score (nSPS) is 12.0. The van der Waals surface area contributed by atoms with E-state index < -0.39 is 0 Å². The van der Waals surface area contributed by atoms with Crippen molar-refractivity contribution in [1.82, 2.24) is 4.90 Å². The summed E-state index contributed by atoms with van der Waals surface area (Å²) in [6, 6.07) is 0. The molecule has 0 amide bonds. The predicted molar refractivity (Wildman–Crippen MR) is 50.8 cm³/mol. The monoisotopic (exact) mass is 154 g/mol. The molecule has 64 valence electrons. The van der Waals surface area contributed by atoms with Gasteiger partial charge in [0.2, 0.25) is 0 Å². The molecule has 0 N–H and O–H groups in total. The summed E-state index contributed by atoms with van der Waals surface area (Å²) in [4.78, 5) is 6.09. The van der Waals surface area contributed by atoms with Crippen LogP contribution in [0.4, 0.5) is 0 Å². The molecule has 0 saturated heterocycles. The second-order valence-electron chi connectivity index (χ2n) is 2.98. The number of aliphatic imine (C=N–C) groups is 1. The zero-order valence-corrected chi connectivity index (χ0v) is 8.18. The fraction of sp³-hybridized carbons (Fsp3) is 0.667. The van der Waals surface area contributed by atoms with E-state index >= 15 is 0 Å². The van der Waals surface area contributed by atoms with E-state index in [2.05, 4.69) is 25.4 Å². The molecule has 0 spiro atoms. The van der Waals surface area contributed by atoms with Crippen molar-refractivity contribution in [1.29, 1.82) is 0 Å². The molecule has 0 rings (SSSR count). The summed E-state index contributed by atoms with van der Waals surface area (Å²) in [7, 11) is 3.78. The molecule has 0 aliphatic carbocycles. The molecule has 0 aliphatic heterocycles. The SMILES string of the molecule is C=C(C(C)C)N(C)C(C)=NC. The van der Waals surface area contributed by atoms with Gasteiger partial charge in [0.1, 0.15) is 0 Å². The molecule has 0 atom stereocenters. The maximum absolute atomic E-state index is 4.07. The Labute approximate surface area is 69.6 Å². The number of rotatable bonds is 2. The molecule has 0 unspecified atom stereocenters. The standard InChI is InChI=1S/C9H18N2/c1-7(2)8(3)11(6)9(4)10-5/h7H,3H2,1-2,4-6H3. The predicted octanol–water partition coefficient (Wildman–Crippen LogP) is 2.14. The lowest BCUT2D eigenvalue weighted by Crippen LogP contribution is -2.25. The Balaban J connectivity index is 4.25. The van der Waals surface area contributed by atoms with Crippen molar-refractivity contribution in [2.45, 2.75) is 20.8 Å². The molecule has 2 nitrogen and oxygen atoms in total. The van der Waals surface area contributed by atoms with Crippen LogP contribution in [-0.4, -0.2) is 24.8 Å². The van der Waals surface area contributed by atoms with Gasteiger partial charge in [-0.05, 0) is 12.8 Å². The van der Waals surface area contributed by atoms with Gasteiger partial charge in [0, 0.05) is 19.8 Å². The van der Waals surface area contributed by atoms with Crippen molar-refractivity contribution in [2.75, 3.05) is 14.1 Å². The highest BCUT2D eigenvalue weighted by atomic mass is 15.2. The van der Waals surface area contributed by atoms with E-state index in [4.69, 9.17) is 0 Å². The van der Waals surface area contributed by atoms with Gasteiger partial charge in [-0.3, -0.25) is 4.99 Å². The Bertz CT molecular complexity index is 168. The quantitative estimate of drug-likeness (QED) is 0.439. The fourth-order valence-electron chi connectivity index (χ4n) is 0.745. The lowest BCUT2D eigenvalue weighted by Gasteiger charge is -2.23. The lowest BCUT2D eigenvalue weighted by molar-refractivity contribution is 0.528. The minimum absolute atomic E-state index is 0.483. The molecular formula is C9H18N2. The average Bonchev–Trinajstić information content (AvgIpc) is 2.00. The Morgan fingerprint density at radius 3 is 2.18 bits per heavy atom. The first-order valence-electron chi connectivity index (χ1n) is 3.86. The highest BCUT2D eigenvalue weighted by Crippen LogP contribution is 2.10. The third kappa shape index (κ3) is 2.74. The molecule has 0 bridgehead atoms. The summed E-state index contributed by atoms with van der Waals surface area (Å²) < 4.78 is 0. The van der Waals surface area contributed by atoms with Crippen LogP contribution in [0.5, 0.6) is 0 Å². The Morgan fingerprint density at radius 2 is 1.91 bits per heavy atom. The molecule has 0 fully saturated rings. The van der Waals surface area contributed by atoms with Crippen LogP contribution in [0.25, 0.3) is 0 Å². The minimum atomic E-state index is 0.483. The van der Waals surface area contributed by atoms with Crippen molar-refractivity contribution in [2.24, 2.45) is 10.9 Å². The second-order valence-corrected chi connectivity index (χ2v) is 2.98. The fourth-order valence-corrected chi connectivity index (χ4v) is 0.745. The third-order valence-electron chi connectivity index (χ3n) is 1.91. The van der Waals surface area contributed by atoms with E-state index in [-0.39, 0.29) is 0 Å². The van der Waals surface area contributed by atoms with Crippen LogP contribution < -0.4 is 0 Å². The smallest absolute Gasteiger partial charge is 0.0993 e. The molecule has 0 aromatic rings. The Hall–Kier alpha value is -0.790. The van der Waals surface area contributed by atoms with E-state index in [9.17, 15) is 0 Å². The van der Waals surface area contributed by atoms with Gasteiger partial charge in [0.15, 0.2) is 0 Å². The van der Waals surface area contributed by atoms with Crippen LogP contribution in [0.1, 0.15) is 20.8 Å². The van der Waals surface area contributed by atoms with E-state index in [1.807, 2.05) is 18.9 Å². The lowest BCUT2D eigenvalue weighted by atomic mass is 10.1. The van der Waals surface area contributed by atoms with Gasteiger partial charge >= 0.3 is 0 Å². The van der Waals surface area contributed by atoms with Crippen LogP contribution in [0, 0.1) is 5.92 Å². The summed E-state index contributed by atoms with van der Waals surface area (Å²) in [6.45, 7) is 10.2. The van der Waals surface area contributed by atoms with Gasteiger partial charge in [0.25, 0.3) is 0 Å². The van der Waals surface area contributed by atoms with E-state index in [0.29, 0.717) is 5.92 Å². The molecule has 11 heavy (non-hydrogen) atoms. The number of nitrogens with zero attached hydrogens (tertiary/aromatic N) is 2. The molecule has 0 heterocycles. The summed E-state index contributed by atoms with van der Waals surface area (Å²) in [5.74, 6) is 1.49. The van der Waals surface area contributed by atoms with Crippen LogP contribution in [-0.2, 0) is 0 Å². The number of allylic oxidation sites excluding steroid dienone is 1. The summed E-state index contributed by atoms with van der Waals surface area (Å²) in [5, 5.41) is 0. The van der Waals surface area contributed by atoms with Crippen molar-refractivity contribution >= 4 is 5.84 Å². The number of amidine groups is 1. The maximum Gasteiger partial charge on any atom is 0.0993 e. The highest BCUT2D eigenvalue weighted by Gasteiger charge is 2.07. The second kappa shape index (κ2) is 4.16. The summed E-state index contributed by atoms with van der Waals surface area (Å²) >= 11 is 0. The first-order valence-corrected chi connectivity index (χ1v) is 3.86. The third-order valence-corrected chi connectivity index (χ3v) is 1.91. The summed E-state index contributed by atoms with van der Waals surface area (Å²) in [5.41, 5.74) is 1.10. The zero-order valence-electron chi connectivity index (χ0n) is 8.18. The molecule has 0 radical (unpaired) electrons.